The fourth-order valence-corrected chi connectivity index (χ4v) is 5.65. The summed E-state index contributed by atoms with van der Waals surface area (Å²) in [6.45, 7) is 0.882. The van der Waals surface area contributed by atoms with Gasteiger partial charge in [-0.3, -0.25) is 4.79 Å². The monoisotopic (exact) mass is 358 g/mol. The molecule has 0 bridgehead atoms. The Labute approximate surface area is 126 Å². The van der Waals surface area contributed by atoms with E-state index in [1.54, 1.807) is 24.3 Å². The average Bonchev–Trinajstić information content (AvgIpc) is 2.81. The van der Waals surface area contributed by atoms with Crippen molar-refractivity contribution in [3.63, 3.8) is 0 Å². The van der Waals surface area contributed by atoms with Crippen LogP contribution in [0.1, 0.15) is 12.8 Å². The third-order valence-corrected chi connectivity index (χ3v) is 6.91. The molecular weight excluding hydrogens is 344 g/mol. The summed E-state index contributed by atoms with van der Waals surface area (Å²) in [6, 6.07) is 6.53. The Morgan fingerprint density at radius 2 is 2.05 bits per heavy atom. The van der Waals surface area contributed by atoms with Gasteiger partial charge in [0.1, 0.15) is 0 Å². The fourth-order valence-electron chi connectivity index (χ4n) is 2.99. The van der Waals surface area contributed by atoms with Crippen molar-refractivity contribution in [2.75, 3.05) is 13.1 Å². The summed E-state index contributed by atoms with van der Waals surface area (Å²) in [5.74, 6) is -0.233. The molecule has 2 heterocycles. The molecule has 0 spiro atoms. The van der Waals surface area contributed by atoms with Crippen LogP contribution in [0.3, 0.4) is 0 Å². The zero-order valence-corrected chi connectivity index (χ0v) is 13.2. The Bertz CT molecular complexity index is 647. The summed E-state index contributed by atoms with van der Waals surface area (Å²) in [5, 5.41) is 2.77. The quantitative estimate of drug-likeness (QED) is 0.867. The Balaban J connectivity index is 1.99. The standard InChI is InChI=1S/C13H15BrN2O3S/c14-10-5-1-2-6-12(10)20(18,19)16-7-3-4-9-11(16)8-15-13(9)17/h1-2,5-6,9,11H,3-4,7-8H2,(H,15,17). The Kier molecular flexibility index (Phi) is 3.60. The highest BCUT2D eigenvalue weighted by atomic mass is 79.9. The first-order valence-corrected chi connectivity index (χ1v) is 8.79. The number of halogens is 1. The number of benzene rings is 1. The maximum atomic E-state index is 12.8. The number of carbonyl (C=O) groups excluding carboxylic acids is 1. The topological polar surface area (TPSA) is 66.5 Å². The van der Waals surface area contributed by atoms with Gasteiger partial charge in [-0.2, -0.15) is 4.31 Å². The zero-order chi connectivity index (χ0) is 14.3. The molecule has 0 aromatic heterocycles. The molecule has 0 aliphatic carbocycles. The van der Waals surface area contributed by atoms with E-state index in [1.165, 1.54) is 4.31 Å². The number of nitrogens with one attached hydrogen (secondary N) is 1. The number of carbonyl (C=O) groups is 1. The zero-order valence-electron chi connectivity index (χ0n) is 10.8. The third-order valence-electron chi connectivity index (χ3n) is 3.97. The normalized spacial score (nSPS) is 27.1. The van der Waals surface area contributed by atoms with Crippen LogP contribution >= 0.6 is 15.9 Å². The van der Waals surface area contributed by atoms with Crippen molar-refractivity contribution in [1.82, 2.24) is 9.62 Å². The van der Waals surface area contributed by atoms with Crippen LogP contribution in [0.2, 0.25) is 0 Å². The number of hydrogen-bond acceptors (Lipinski definition) is 3. The van der Waals surface area contributed by atoms with Crippen molar-refractivity contribution in [3.05, 3.63) is 28.7 Å². The SMILES string of the molecule is O=C1NCC2C1CCCN2S(=O)(=O)c1ccccc1Br. The minimum atomic E-state index is -3.58. The van der Waals surface area contributed by atoms with E-state index in [2.05, 4.69) is 21.2 Å². The van der Waals surface area contributed by atoms with Gasteiger partial charge in [0.15, 0.2) is 0 Å². The van der Waals surface area contributed by atoms with Crippen LogP contribution < -0.4 is 5.32 Å². The number of rotatable bonds is 2. The van der Waals surface area contributed by atoms with Gasteiger partial charge in [0.25, 0.3) is 0 Å². The molecule has 2 saturated heterocycles. The largest absolute Gasteiger partial charge is 0.354 e. The van der Waals surface area contributed by atoms with E-state index in [1.807, 2.05) is 0 Å². The molecular formula is C13H15BrN2O3S. The molecule has 2 atom stereocenters. The maximum Gasteiger partial charge on any atom is 0.244 e. The molecule has 1 amide bonds. The highest BCUT2D eigenvalue weighted by molar-refractivity contribution is 9.10. The molecule has 5 nitrogen and oxygen atoms in total. The molecule has 0 radical (unpaired) electrons. The third kappa shape index (κ3) is 2.17. The molecule has 0 saturated carbocycles. The van der Waals surface area contributed by atoms with Gasteiger partial charge in [-0.25, -0.2) is 8.42 Å². The van der Waals surface area contributed by atoms with Crippen molar-refractivity contribution in [2.24, 2.45) is 5.92 Å². The number of fused-ring (bicyclic) bond motifs is 1. The van der Waals surface area contributed by atoms with Gasteiger partial charge < -0.3 is 5.32 Å². The van der Waals surface area contributed by atoms with Crippen molar-refractivity contribution in [2.45, 2.75) is 23.8 Å². The molecule has 2 aliphatic heterocycles. The lowest BCUT2D eigenvalue weighted by atomic mass is 9.93. The van der Waals surface area contributed by atoms with Crippen molar-refractivity contribution < 1.29 is 13.2 Å². The van der Waals surface area contributed by atoms with Crippen LogP contribution in [0, 0.1) is 5.92 Å². The van der Waals surface area contributed by atoms with Crippen molar-refractivity contribution in [3.8, 4) is 0 Å². The number of sulfonamides is 1. The van der Waals surface area contributed by atoms with Gasteiger partial charge in [-0.05, 0) is 40.9 Å². The Hall–Kier alpha value is -0.920. The first-order valence-electron chi connectivity index (χ1n) is 6.56. The number of amides is 1. The van der Waals surface area contributed by atoms with Crippen LogP contribution in [-0.4, -0.2) is 37.8 Å². The maximum absolute atomic E-state index is 12.8. The van der Waals surface area contributed by atoms with Crippen molar-refractivity contribution >= 4 is 31.9 Å². The fraction of sp³-hybridized carbons (Fsp3) is 0.462. The van der Waals surface area contributed by atoms with Crippen LogP contribution in [0.25, 0.3) is 0 Å². The summed E-state index contributed by atoms with van der Waals surface area (Å²) in [4.78, 5) is 12.0. The van der Waals surface area contributed by atoms with E-state index < -0.39 is 10.0 Å². The predicted octanol–water partition coefficient (Wildman–Crippen LogP) is 1.35. The second-order valence-corrected chi connectivity index (χ2v) is 7.82. The molecule has 2 unspecified atom stereocenters. The molecule has 2 fully saturated rings. The lowest BCUT2D eigenvalue weighted by Crippen LogP contribution is -2.48. The van der Waals surface area contributed by atoms with E-state index in [9.17, 15) is 13.2 Å². The van der Waals surface area contributed by atoms with Gasteiger partial charge in [0.05, 0.1) is 16.9 Å². The second-order valence-electron chi connectivity index (χ2n) is 5.11. The summed E-state index contributed by atoms with van der Waals surface area (Å²) in [6.07, 6.45) is 1.48. The van der Waals surface area contributed by atoms with Gasteiger partial charge in [0, 0.05) is 17.6 Å². The minimum absolute atomic E-state index is 0.0259. The molecule has 2 aliphatic rings. The second kappa shape index (κ2) is 5.13. The molecule has 7 heteroatoms. The van der Waals surface area contributed by atoms with Gasteiger partial charge in [-0.1, -0.05) is 12.1 Å². The van der Waals surface area contributed by atoms with E-state index in [4.69, 9.17) is 0 Å². The highest BCUT2D eigenvalue weighted by Gasteiger charge is 2.45. The highest BCUT2D eigenvalue weighted by Crippen LogP contribution is 2.33. The minimum Gasteiger partial charge on any atom is -0.354 e. The van der Waals surface area contributed by atoms with E-state index >= 15 is 0 Å². The van der Waals surface area contributed by atoms with Crippen LogP contribution in [0.5, 0.6) is 0 Å². The number of hydrogen-bond donors (Lipinski definition) is 1. The molecule has 20 heavy (non-hydrogen) atoms. The Morgan fingerprint density at radius 3 is 2.80 bits per heavy atom. The summed E-state index contributed by atoms with van der Waals surface area (Å²) in [7, 11) is -3.58. The number of nitrogens with zero attached hydrogens (tertiary/aromatic N) is 1. The van der Waals surface area contributed by atoms with Gasteiger partial charge in [-0.15, -0.1) is 0 Å². The molecule has 1 N–H and O–H groups in total. The van der Waals surface area contributed by atoms with Crippen LogP contribution in [0.4, 0.5) is 0 Å². The molecule has 3 rings (SSSR count). The van der Waals surface area contributed by atoms with Crippen LogP contribution in [-0.2, 0) is 14.8 Å². The first kappa shape index (κ1) is 14.0. The number of piperidine rings is 1. The molecule has 1 aromatic rings. The smallest absolute Gasteiger partial charge is 0.244 e. The Morgan fingerprint density at radius 1 is 1.30 bits per heavy atom. The predicted molar refractivity (Wildman–Crippen MR) is 77.6 cm³/mol. The molecule has 1 aromatic carbocycles. The van der Waals surface area contributed by atoms with Crippen LogP contribution in [0.15, 0.2) is 33.6 Å². The lowest BCUT2D eigenvalue weighted by Gasteiger charge is -2.34. The average molecular weight is 359 g/mol. The summed E-state index contributed by atoms with van der Waals surface area (Å²) >= 11 is 3.29. The molecule has 108 valence electrons. The van der Waals surface area contributed by atoms with Crippen molar-refractivity contribution in [1.29, 1.82) is 0 Å². The summed E-state index contributed by atoms with van der Waals surface area (Å²) in [5.41, 5.74) is 0. The first-order chi connectivity index (χ1) is 9.51. The van der Waals surface area contributed by atoms with E-state index in [0.717, 1.165) is 12.8 Å². The van der Waals surface area contributed by atoms with E-state index in [-0.39, 0.29) is 22.8 Å². The lowest BCUT2D eigenvalue weighted by molar-refractivity contribution is -0.123. The van der Waals surface area contributed by atoms with Gasteiger partial charge in [0.2, 0.25) is 15.9 Å². The summed E-state index contributed by atoms with van der Waals surface area (Å²) < 4.78 is 27.7. The van der Waals surface area contributed by atoms with Gasteiger partial charge >= 0.3 is 0 Å². The van der Waals surface area contributed by atoms with E-state index in [0.29, 0.717) is 17.6 Å².